The summed E-state index contributed by atoms with van der Waals surface area (Å²) in [4.78, 5) is 15.0. The molecule has 1 aromatic heterocycles. The number of hydrogen-bond donors (Lipinski definition) is 1. The molecular formula is C12H8F4N2O. The van der Waals surface area contributed by atoms with Gasteiger partial charge >= 0.3 is 18.3 Å². The van der Waals surface area contributed by atoms with E-state index < -0.39 is 18.3 Å². The molecule has 1 N–H and O–H groups in total. The molecule has 2 aromatic rings. The number of nitrogens with zero attached hydrogens (tertiary/aromatic N) is 1. The van der Waals surface area contributed by atoms with E-state index in [-0.39, 0.29) is 5.69 Å². The van der Waals surface area contributed by atoms with E-state index >= 15 is 0 Å². The van der Waals surface area contributed by atoms with Gasteiger partial charge in [0, 0.05) is 5.39 Å². The minimum absolute atomic E-state index is 0.0657. The molecule has 0 bridgehead atoms. The average Bonchev–Trinajstić information content (AvgIpc) is 2.38. The maximum atomic E-state index is 12.8. The lowest BCUT2D eigenvalue weighted by Gasteiger charge is -2.14. The SMILES string of the molecule is O=C(Nc1cnc2ccccc2c1)C(F)(F)C(F)F. The molecule has 1 aromatic carbocycles. The normalized spacial score (nSPS) is 11.8. The average molecular weight is 272 g/mol. The van der Waals surface area contributed by atoms with Crippen molar-refractivity contribution in [3.8, 4) is 0 Å². The number of carbonyl (C=O) groups excluding carboxylic acids is 1. The first-order valence-corrected chi connectivity index (χ1v) is 5.23. The Morgan fingerprint density at radius 1 is 1.26 bits per heavy atom. The highest BCUT2D eigenvalue weighted by molar-refractivity contribution is 5.97. The van der Waals surface area contributed by atoms with E-state index in [4.69, 9.17) is 0 Å². The summed E-state index contributed by atoms with van der Waals surface area (Å²) in [5.41, 5.74) is 0.533. The van der Waals surface area contributed by atoms with E-state index in [9.17, 15) is 22.4 Å². The van der Waals surface area contributed by atoms with Gasteiger partial charge in [0.1, 0.15) is 0 Å². The summed E-state index contributed by atoms with van der Waals surface area (Å²) in [6, 6.07) is 8.15. The molecule has 1 heterocycles. The Labute approximate surface area is 105 Å². The quantitative estimate of drug-likeness (QED) is 0.872. The van der Waals surface area contributed by atoms with Crippen LogP contribution < -0.4 is 5.32 Å². The van der Waals surface area contributed by atoms with Crippen LogP contribution in [0.15, 0.2) is 36.5 Å². The van der Waals surface area contributed by atoms with Crippen LogP contribution in [0, 0.1) is 0 Å². The molecule has 0 spiro atoms. The smallest absolute Gasteiger partial charge is 0.319 e. The number of fused-ring (bicyclic) bond motifs is 1. The van der Waals surface area contributed by atoms with Crippen molar-refractivity contribution in [1.82, 2.24) is 4.98 Å². The van der Waals surface area contributed by atoms with E-state index in [0.29, 0.717) is 10.9 Å². The molecule has 2 rings (SSSR count). The summed E-state index contributed by atoms with van der Waals surface area (Å²) < 4.78 is 49.5. The predicted octanol–water partition coefficient (Wildman–Crippen LogP) is 3.07. The lowest BCUT2D eigenvalue weighted by atomic mass is 10.2. The van der Waals surface area contributed by atoms with Crippen LogP contribution in [0.1, 0.15) is 0 Å². The van der Waals surface area contributed by atoms with Crippen molar-refractivity contribution in [2.75, 3.05) is 5.32 Å². The molecule has 0 atom stereocenters. The van der Waals surface area contributed by atoms with Crippen LogP contribution in [-0.2, 0) is 4.79 Å². The summed E-state index contributed by atoms with van der Waals surface area (Å²) in [6.07, 6.45) is -2.93. The lowest BCUT2D eigenvalue weighted by Crippen LogP contribution is -2.41. The fourth-order valence-corrected chi connectivity index (χ4v) is 1.45. The zero-order chi connectivity index (χ0) is 14.0. The second kappa shape index (κ2) is 4.83. The minimum atomic E-state index is -4.73. The zero-order valence-electron chi connectivity index (χ0n) is 9.41. The first kappa shape index (κ1) is 13.3. The lowest BCUT2D eigenvalue weighted by molar-refractivity contribution is -0.163. The molecule has 19 heavy (non-hydrogen) atoms. The largest absolute Gasteiger partial charge is 0.383 e. The molecule has 0 aliphatic carbocycles. The number of halogens is 4. The summed E-state index contributed by atoms with van der Waals surface area (Å²) in [6.45, 7) is 0. The Morgan fingerprint density at radius 2 is 1.95 bits per heavy atom. The number of hydrogen-bond acceptors (Lipinski definition) is 2. The van der Waals surface area contributed by atoms with Gasteiger partial charge < -0.3 is 5.32 Å². The number of nitrogens with one attached hydrogen (secondary N) is 1. The van der Waals surface area contributed by atoms with Gasteiger partial charge in [0.15, 0.2) is 0 Å². The molecule has 7 heteroatoms. The van der Waals surface area contributed by atoms with Gasteiger partial charge in [-0.25, -0.2) is 8.78 Å². The number of carbonyl (C=O) groups is 1. The predicted molar refractivity (Wildman–Crippen MR) is 61.3 cm³/mol. The molecule has 0 aliphatic rings. The number of amides is 1. The van der Waals surface area contributed by atoms with Crippen LogP contribution in [0.5, 0.6) is 0 Å². The van der Waals surface area contributed by atoms with Gasteiger partial charge in [-0.05, 0) is 12.1 Å². The summed E-state index contributed by atoms with van der Waals surface area (Å²) in [7, 11) is 0. The summed E-state index contributed by atoms with van der Waals surface area (Å²) in [5, 5.41) is 2.32. The Balaban J connectivity index is 2.24. The maximum Gasteiger partial charge on any atom is 0.383 e. The monoisotopic (exact) mass is 272 g/mol. The van der Waals surface area contributed by atoms with Gasteiger partial charge in [-0.2, -0.15) is 8.78 Å². The molecule has 3 nitrogen and oxygen atoms in total. The van der Waals surface area contributed by atoms with E-state index in [0.717, 1.165) is 6.20 Å². The van der Waals surface area contributed by atoms with Gasteiger partial charge in [-0.3, -0.25) is 9.78 Å². The molecule has 1 amide bonds. The number of alkyl halides is 4. The van der Waals surface area contributed by atoms with Crippen molar-refractivity contribution in [1.29, 1.82) is 0 Å². The van der Waals surface area contributed by atoms with E-state index in [1.54, 1.807) is 29.6 Å². The van der Waals surface area contributed by atoms with E-state index in [1.807, 2.05) is 0 Å². The third kappa shape index (κ3) is 2.64. The zero-order valence-corrected chi connectivity index (χ0v) is 9.41. The van der Waals surface area contributed by atoms with E-state index in [2.05, 4.69) is 4.98 Å². The molecule has 0 unspecified atom stereocenters. The first-order valence-electron chi connectivity index (χ1n) is 5.23. The number of aromatic nitrogens is 1. The maximum absolute atomic E-state index is 12.8. The van der Waals surface area contributed by atoms with Crippen LogP contribution in [0.3, 0.4) is 0 Å². The van der Waals surface area contributed by atoms with Gasteiger partial charge in [-0.1, -0.05) is 18.2 Å². The minimum Gasteiger partial charge on any atom is -0.319 e. The van der Waals surface area contributed by atoms with Crippen molar-refractivity contribution in [2.24, 2.45) is 0 Å². The van der Waals surface area contributed by atoms with E-state index in [1.165, 1.54) is 6.07 Å². The van der Waals surface area contributed by atoms with Gasteiger partial charge in [0.05, 0.1) is 17.4 Å². The number of anilines is 1. The second-order valence-electron chi connectivity index (χ2n) is 3.79. The van der Waals surface area contributed by atoms with Crippen molar-refractivity contribution >= 4 is 22.5 Å². The van der Waals surface area contributed by atoms with Crippen LogP contribution in [0.25, 0.3) is 10.9 Å². The van der Waals surface area contributed by atoms with Crippen LogP contribution in [-0.4, -0.2) is 23.2 Å². The number of pyridine rings is 1. The third-order valence-corrected chi connectivity index (χ3v) is 2.43. The van der Waals surface area contributed by atoms with Crippen molar-refractivity contribution < 1.29 is 22.4 Å². The second-order valence-corrected chi connectivity index (χ2v) is 3.79. The molecule has 0 saturated carbocycles. The number of para-hydroxylation sites is 1. The molecule has 0 radical (unpaired) electrons. The molecular weight excluding hydrogens is 264 g/mol. The van der Waals surface area contributed by atoms with Gasteiger partial charge in [0.25, 0.3) is 0 Å². The third-order valence-electron chi connectivity index (χ3n) is 2.43. The molecule has 0 aliphatic heterocycles. The van der Waals surface area contributed by atoms with Crippen molar-refractivity contribution in [3.05, 3.63) is 36.5 Å². The fraction of sp³-hybridized carbons (Fsp3) is 0.167. The van der Waals surface area contributed by atoms with Crippen LogP contribution >= 0.6 is 0 Å². The van der Waals surface area contributed by atoms with Crippen molar-refractivity contribution in [2.45, 2.75) is 12.3 Å². The topological polar surface area (TPSA) is 42.0 Å². The standard InChI is InChI=1S/C12H8F4N2O/c13-10(14)12(15,16)11(19)18-8-5-7-3-1-2-4-9(7)17-6-8/h1-6,10H,(H,18,19). The summed E-state index contributed by atoms with van der Waals surface area (Å²) in [5.74, 6) is -6.79. The fourth-order valence-electron chi connectivity index (χ4n) is 1.45. The Kier molecular flexibility index (Phi) is 3.37. The highest BCUT2D eigenvalue weighted by atomic mass is 19.3. The summed E-state index contributed by atoms with van der Waals surface area (Å²) >= 11 is 0. The molecule has 0 fully saturated rings. The Bertz CT molecular complexity index is 615. The molecule has 0 saturated heterocycles. The highest BCUT2D eigenvalue weighted by Gasteiger charge is 2.48. The highest BCUT2D eigenvalue weighted by Crippen LogP contribution is 2.25. The first-order chi connectivity index (χ1) is 8.91. The van der Waals surface area contributed by atoms with Gasteiger partial charge in [-0.15, -0.1) is 0 Å². The van der Waals surface area contributed by atoms with Gasteiger partial charge in [0.2, 0.25) is 0 Å². The number of benzene rings is 1. The molecule has 100 valence electrons. The Hall–Kier alpha value is -2.18. The number of rotatable bonds is 3. The van der Waals surface area contributed by atoms with Crippen LogP contribution in [0.2, 0.25) is 0 Å². The van der Waals surface area contributed by atoms with Crippen LogP contribution in [0.4, 0.5) is 23.2 Å². The Morgan fingerprint density at radius 3 is 2.63 bits per heavy atom. The van der Waals surface area contributed by atoms with Crippen molar-refractivity contribution in [3.63, 3.8) is 0 Å².